The van der Waals surface area contributed by atoms with Crippen molar-refractivity contribution in [2.45, 2.75) is 74.4 Å². The monoisotopic (exact) mass is 601 g/mol. The Kier molecular flexibility index (Phi) is 11.1. The lowest BCUT2D eigenvalue weighted by atomic mass is 9.99. The van der Waals surface area contributed by atoms with E-state index in [-0.39, 0.29) is 11.4 Å². The smallest absolute Gasteiger partial charge is 0.397 e. The van der Waals surface area contributed by atoms with E-state index in [0.29, 0.717) is 0 Å². The van der Waals surface area contributed by atoms with Crippen LogP contribution >= 0.6 is 0 Å². The summed E-state index contributed by atoms with van der Waals surface area (Å²) in [5, 5.41) is 71.3. The van der Waals surface area contributed by atoms with Gasteiger partial charge >= 0.3 is 10.4 Å². The Morgan fingerprint density at radius 3 is 2.17 bits per heavy atom. The van der Waals surface area contributed by atoms with Gasteiger partial charge in [-0.05, 0) is 19.1 Å². The molecule has 0 bridgehead atoms. The molecule has 1 unspecified atom stereocenters. The molecule has 2 aliphatic rings. The zero-order chi connectivity index (χ0) is 29.8. The molecule has 2 fully saturated rings. The summed E-state index contributed by atoms with van der Waals surface area (Å²) in [7, 11) is -5.17. The predicted molar refractivity (Wildman–Crippen MR) is 126 cm³/mol. The second-order valence-corrected chi connectivity index (χ2v) is 10.1. The Balaban J connectivity index is 1.77. The summed E-state index contributed by atoms with van der Waals surface area (Å²) in [6.07, 6.45) is -17.7. The zero-order valence-electron chi connectivity index (χ0n) is 20.9. The molecule has 1 aromatic carbocycles. The van der Waals surface area contributed by atoms with Crippen LogP contribution in [0, 0.1) is 10.1 Å². The number of nitro benzene ring substituents is 1. The molecule has 0 radical (unpaired) electrons. The molecule has 11 atom stereocenters. The summed E-state index contributed by atoms with van der Waals surface area (Å²) >= 11 is 0. The lowest BCUT2D eigenvalue weighted by molar-refractivity contribution is -0.384. The van der Waals surface area contributed by atoms with E-state index in [9.17, 15) is 49.2 Å². The molecule has 228 valence electrons. The van der Waals surface area contributed by atoms with Crippen molar-refractivity contribution in [2.24, 2.45) is 0 Å². The van der Waals surface area contributed by atoms with Crippen LogP contribution in [0.25, 0.3) is 0 Å². The maximum atomic E-state index is 11.2. The van der Waals surface area contributed by atoms with Crippen LogP contribution in [-0.4, -0.2) is 136 Å². The van der Waals surface area contributed by atoms with Crippen molar-refractivity contribution >= 4 is 16.1 Å². The number of benzene rings is 1. The first-order chi connectivity index (χ1) is 18.7. The largest absolute Gasteiger partial charge is 0.491 e. The molecule has 0 saturated carbocycles. The Bertz CT molecular complexity index is 1070. The number of nitrogens with zero attached hydrogens (tertiary/aromatic N) is 1. The number of ether oxygens (including phenoxy) is 5. The number of non-ortho nitro benzene ring substituents is 1. The van der Waals surface area contributed by atoms with Crippen LogP contribution in [0.4, 0.5) is 5.69 Å². The third kappa shape index (κ3) is 8.22. The summed E-state index contributed by atoms with van der Waals surface area (Å²) in [5.74, 6) is 0.140. The lowest BCUT2D eigenvalue weighted by Gasteiger charge is -2.42. The van der Waals surface area contributed by atoms with Crippen molar-refractivity contribution in [2.75, 3.05) is 19.8 Å². The Labute approximate surface area is 227 Å². The van der Waals surface area contributed by atoms with Crippen LogP contribution in [0.2, 0.25) is 0 Å². The van der Waals surface area contributed by atoms with Gasteiger partial charge in [0.25, 0.3) is 5.69 Å². The number of rotatable bonds is 12. The van der Waals surface area contributed by atoms with Gasteiger partial charge < -0.3 is 54.3 Å². The molecule has 0 aromatic heterocycles. The minimum atomic E-state index is -5.17. The van der Waals surface area contributed by atoms with Crippen molar-refractivity contribution in [3.05, 3.63) is 34.4 Å². The fraction of sp³-hybridized carbons (Fsp3) is 0.714. The van der Waals surface area contributed by atoms with Crippen LogP contribution in [0.3, 0.4) is 0 Å². The van der Waals surface area contributed by atoms with Crippen molar-refractivity contribution in [3.63, 3.8) is 0 Å². The van der Waals surface area contributed by atoms with Gasteiger partial charge in [-0.2, -0.15) is 8.42 Å². The topological polar surface area (TPSA) is 274 Å². The molecule has 19 heteroatoms. The van der Waals surface area contributed by atoms with E-state index in [1.54, 1.807) is 0 Å². The molecule has 2 heterocycles. The molecular weight excluding hydrogens is 570 g/mol. The Hall–Kier alpha value is -2.11. The number of aliphatic hydroxyl groups excluding tert-OH is 6. The average molecular weight is 602 g/mol. The average Bonchev–Trinajstić information content (AvgIpc) is 2.90. The van der Waals surface area contributed by atoms with Crippen molar-refractivity contribution in [1.29, 1.82) is 0 Å². The molecule has 40 heavy (non-hydrogen) atoms. The van der Waals surface area contributed by atoms with E-state index in [1.165, 1.54) is 31.2 Å². The number of aliphatic hydroxyl groups is 6. The molecule has 7 N–H and O–H groups in total. The fourth-order valence-electron chi connectivity index (χ4n) is 3.94. The third-order valence-electron chi connectivity index (χ3n) is 6.12. The minimum absolute atomic E-state index is 0.140. The second kappa shape index (κ2) is 13.7. The van der Waals surface area contributed by atoms with Gasteiger partial charge in [-0.15, -0.1) is 0 Å². The summed E-state index contributed by atoms with van der Waals surface area (Å²) < 4.78 is 63.3. The molecule has 0 amide bonds. The molecule has 2 aliphatic heterocycles. The van der Waals surface area contributed by atoms with E-state index < -0.39 is 103 Å². The highest BCUT2D eigenvalue weighted by Crippen LogP contribution is 2.28. The first kappa shape index (κ1) is 32.4. The highest BCUT2D eigenvalue weighted by Gasteiger charge is 2.49. The second-order valence-electron chi connectivity index (χ2n) is 9.03. The van der Waals surface area contributed by atoms with Gasteiger partial charge in [-0.3, -0.25) is 14.7 Å². The van der Waals surface area contributed by atoms with E-state index >= 15 is 0 Å². The van der Waals surface area contributed by atoms with Gasteiger partial charge in [0.2, 0.25) is 0 Å². The van der Waals surface area contributed by atoms with Crippen LogP contribution in [0.1, 0.15) is 6.92 Å². The first-order valence-corrected chi connectivity index (χ1v) is 13.2. The molecule has 18 nitrogen and oxygen atoms in total. The summed E-state index contributed by atoms with van der Waals surface area (Å²) in [4.78, 5) is 10.3. The van der Waals surface area contributed by atoms with E-state index in [4.69, 9.17) is 28.2 Å². The van der Waals surface area contributed by atoms with Crippen LogP contribution in [0.15, 0.2) is 24.3 Å². The summed E-state index contributed by atoms with van der Waals surface area (Å²) in [6, 6.07) is 4.90. The normalized spacial score (nSPS) is 35.7. The first-order valence-electron chi connectivity index (χ1n) is 11.8. The molecule has 0 aliphatic carbocycles. The molecule has 0 spiro atoms. The van der Waals surface area contributed by atoms with Gasteiger partial charge in [0.1, 0.15) is 61.2 Å². The Morgan fingerprint density at radius 1 is 0.950 bits per heavy atom. The summed E-state index contributed by atoms with van der Waals surface area (Å²) in [5.41, 5.74) is -0.209. The summed E-state index contributed by atoms with van der Waals surface area (Å²) in [6.45, 7) is -0.374. The van der Waals surface area contributed by atoms with E-state index in [2.05, 4.69) is 4.18 Å². The van der Waals surface area contributed by atoms with Crippen molar-refractivity contribution < 1.29 is 76.4 Å². The number of hydrogen-bond acceptors (Lipinski definition) is 16. The highest BCUT2D eigenvalue weighted by molar-refractivity contribution is 7.80. The quantitative estimate of drug-likeness (QED) is 0.0707. The highest BCUT2D eigenvalue weighted by atomic mass is 32.3. The van der Waals surface area contributed by atoms with Gasteiger partial charge in [-0.25, -0.2) is 4.18 Å². The van der Waals surface area contributed by atoms with Crippen LogP contribution in [0.5, 0.6) is 5.75 Å². The van der Waals surface area contributed by atoms with Gasteiger partial charge in [0.05, 0.1) is 24.2 Å². The fourth-order valence-corrected chi connectivity index (χ4v) is 4.45. The molecular formula is C21H31NO17S. The van der Waals surface area contributed by atoms with E-state index in [0.717, 1.165) is 0 Å². The number of nitro groups is 1. The van der Waals surface area contributed by atoms with Crippen LogP contribution in [-0.2, 0) is 33.5 Å². The molecule has 1 aromatic rings. The molecule has 2 saturated heterocycles. The lowest BCUT2D eigenvalue weighted by Crippen LogP contribution is -2.61. The van der Waals surface area contributed by atoms with Crippen molar-refractivity contribution in [3.8, 4) is 5.75 Å². The predicted octanol–water partition coefficient (Wildman–Crippen LogP) is -3.17. The maximum absolute atomic E-state index is 11.2. The van der Waals surface area contributed by atoms with Gasteiger partial charge in [0, 0.05) is 12.1 Å². The minimum Gasteiger partial charge on any atom is -0.491 e. The molecule has 3 rings (SSSR count). The van der Waals surface area contributed by atoms with Gasteiger partial charge in [0.15, 0.2) is 12.6 Å². The van der Waals surface area contributed by atoms with Gasteiger partial charge in [-0.1, -0.05) is 0 Å². The SMILES string of the molecule is C[C@@H]1O[C@@H](OCC(COc2ccc([N+](=O)[O-])cc2)O[C@@H]2O[C@H](CO)[C@H](O)[C@H](OS(=O)(=O)O)[C@H]2O)[C@@H](O)[C@H](O)[C@@H]1O. The third-order valence-corrected chi connectivity index (χ3v) is 6.58. The Morgan fingerprint density at radius 2 is 1.60 bits per heavy atom. The van der Waals surface area contributed by atoms with Crippen LogP contribution < -0.4 is 4.74 Å². The zero-order valence-corrected chi connectivity index (χ0v) is 21.7. The van der Waals surface area contributed by atoms with E-state index in [1.807, 2.05) is 0 Å². The maximum Gasteiger partial charge on any atom is 0.397 e. The number of hydrogen-bond donors (Lipinski definition) is 7. The standard InChI is InChI=1S/C21H31NO17S/c1-9-14(24)16(26)17(27)20(36-9)35-8-12(7-34-11-4-2-10(3-5-11)22(29)30)37-21-18(28)19(39-40(31,32)33)15(25)13(6-23)38-21/h2-5,9,12-21,23-28H,6-8H2,1H3,(H,31,32,33)/t9-,12?,13+,14+,15-,16+,17-,18+,19-,20+,21+/m0/s1. The van der Waals surface area contributed by atoms with Crippen molar-refractivity contribution in [1.82, 2.24) is 0 Å².